The molecule has 1 aromatic carbocycles. The first-order chi connectivity index (χ1) is 9.52. The molecule has 0 saturated heterocycles. The molecule has 1 rings (SSSR count). The minimum atomic E-state index is -0.331. The summed E-state index contributed by atoms with van der Waals surface area (Å²) in [5, 5.41) is 3.20. The van der Waals surface area contributed by atoms with Gasteiger partial charge in [-0.1, -0.05) is 11.6 Å². The molecule has 6 heteroatoms. The van der Waals surface area contributed by atoms with Gasteiger partial charge in [0.1, 0.15) is 5.75 Å². The predicted octanol–water partition coefficient (Wildman–Crippen LogP) is 2.10. The number of nitrogens with one attached hydrogen (secondary N) is 1. The molecule has 0 aliphatic heterocycles. The van der Waals surface area contributed by atoms with Crippen LogP contribution in [-0.4, -0.2) is 31.6 Å². The average molecular weight is 300 g/mol. The Balaban J connectivity index is 2.28. The van der Waals surface area contributed by atoms with Crippen LogP contribution in [0.2, 0.25) is 5.02 Å². The van der Waals surface area contributed by atoms with Crippen molar-refractivity contribution in [2.45, 2.75) is 20.3 Å². The van der Waals surface area contributed by atoms with Gasteiger partial charge in [-0.15, -0.1) is 0 Å². The molecule has 0 spiro atoms. The molecule has 0 atom stereocenters. The molecule has 110 valence electrons. The van der Waals surface area contributed by atoms with E-state index >= 15 is 0 Å². The number of esters is 1. The Morgan fingerprint density at radius 3 is 2.75 bits per heavy atom. The summed E-state index contributed by atoms with van der Waals surface area (Å²) in [4.78, 5) is 22.6. The topological polar surface area (TPSA) is 64.6 Å². The summed E-state index contributed by atoms with van der Waals surface area (Å²) in [5.41, 5.74) is 0.858. The van der Waals surface area contributed by atoms with Crippen molar-refractivity contribution in [3.05, 3.63) is 28.8 Å². The first-order valence-electron chi connectivity index (χ1n) is 6.34. The molecule has 1 amide bonds. The normalized spacial score (nSPS) is 9.95. The maximum absolute atomic E-state index is 11.5. The lowest BCUT2D eigenvalue weighted by molar-refractivity contribution is -0.143. The van der Waals surface area contributed by atoms with Gasteiger partial charge in [-0.2, -0.15) is 0 Å². The number of halogens is 1. The fraction of sp³-hybridized carbons (Fsp3) is 0.429. The number of hydrogen-bond donors (Lipinski definition) is 1. The van der Waals surface area contributed by atoms with Gasteiger partial charge in [-0.05, 0) is 37.6 Å². The smallest absolute Gasteiger partial charge is 0.307 e. The molecule has 0 radical (unpaired) electrons. The molecule has 0 aromatic heterocycles. The first kappa shape index (κ1) is 16.3. The maximum Gasteiger partial charge on any atom is 0.307 e. The minimum Gasteiger partial charge on any atom is -0.484 e. The molecule has 0 heterocycles. The van der Waals surface area contributed by atoms with E-state index in [0.29, 0.717) is 17.4 Å². The van der Waals surface area contributed by atoms with Crippen LogP contribution in [0.3, 0.4) is 0 Å². The van der Waals surface area contributed by atoms with Crippen molar-refractivity contribution in [2.24, 2.45) is 0 Å². The molecule has 0 aliphatic rings. The predicted molar refractivity (Wildman–Crippen MR) is 75.9 cm³/mol. The van der Waals surface area contributed by atoms with Crippen molar-refractivity contribution < 1.29 is 19.1 Å². The lowest BCUT2D eigenvalue weighted by Gasteiger charge is -2.09. The molecule has 0 saturated carbocycles. The Hall–Kier alpha value is -1.75. The van der Waals surface area contributed by atoms with E-state index in [1.165, 1.54) is 0 Å². The summed E-state index contributed by atoms with van der Waals surface area (Å²) in [6.07, 6.45) is 0.152. The Bertz CT molecular complexity index is 476. The highest BCUT2D eigenvalue weighted by Gasteiger charge is 2.06. The van der Waals surface area contributed by atoms with Crippen LogP contribution in [0.15, 0.2) is 18.2 Å². The van der Waals surface area contributed by atoms with Crippen molar-refractivity contribution in [3.8, 4) is 5.75 Å². The molecule has 1 aromatic rings. The van der Waals surface area contributed by atoms with E-state index in [1.54, 1.807) is 25.1 Å². The van der Waals surface area contributed by atoms with Crippen LogP contribution in [-0.2, 0) is 14.3 Å². The number of carbonyl (C=O) groups is 2. The molecule has 0 aliphatic carbocycles. The Kier molecular flexibility index (Phi) is 6.87. The highest BCUT2D eigenvalue weighted by molar-refractivity contribution is 6.30. The fourth-order valence-corrected chi connectivity index (χ4v) is 1.73. The molecule has 1 N–H and O–H groups in total. The maximum atomic E-state index is 11.5. The highest BCUT2D eigenvalue weighted by atomic mass is 35.5. The molecular weight excluding hydrogens is 282 g/mol. The molecular formula is C14H18ClNO4. The van der Waals surface area contributed by atoms with E-state index in [2.05, 4.69) is 5.32 Å². The van der Waals surface area contributed by atoms with Gasteiger partial charge in [-0.25, -0.2) is 0 Å². The van der Waals surface area contributed by atoms with E-state index in [1.807, 2.05) is 6.92 Å². The third kappa shape index (κ3) is 5.93. The zero-order valence-electron chi connectivity index (χ0n) is 11.6. The second-order valence-corrected chi connectivity index (χ2v) is 4.54. The molecule has 0 bridgehead atoms. The van der Waals surface area contributed by atoms with E-state index in [-0.39, 0.29) is 31.4 Å². The summed E-state index contributed by atoms with van der Waals surface area (Å²) >= 11 is 5.82. The van der Waals surface area contributed by atoms with Gasteiger partial charge < -0.3 is 14.8 Å². The Morgan fingerprint density at radius 2 is 2.10 bits per heavy atom. The SMILES string of the molecule is CCOC(=O)CCNC(=O)COc1ccc(Cl)cc1C. The largest absolute Gasteiger partial charge is 0.484 e. The van der Waals surface area contributed by atoms with Gasteiger partial charge in [0.2, 0.25) is 0 Å². The third-order valence-corrected chi connectivity index (χ3v) is 2.69. The van der Waals surface area contributed by atoms with Crippen LogP contribution in [0.4, 0.5) is 0 Å². The number of hydrogen-bond acceptors (Lipinski definition) is 4. The number of ether oxygens (including phenoxy) is 2. The van der Waals surface area contributed by atoms with Crippen LogP contribution in [0.1, 0.15) is 18.9 Å². The molecule has 0 fully saturated rings. The second kappa shape index (κ2) is 8.43. The fourth-order valence-electron chi connectivity index (χ4n) is 1.51. The van der Waals surface area contributed by atoms with E-state index in [9.17, 15) is 9.59 Å². The van der Waals surface area contributed by atoms with E-state index in [0.717, 1.165) is 5.56 Å². The van der Waals surface area contributed by atoms with Crippen molar-refractivity contribution in [1.82, 2.24) is 5.32 Å². The quantitative estimate of drug-likeness (QED) is 0.783. The monoisotopic (exact) mass is 299 g/mol. The van der Waals surface area contributed by atoms with E-state index in [4.69, 9.17) is 21.1 Å². The third-order valence-electron chi connectivity index (χ3n) is 2.45. The van der Waals surface area contributed by atoms with Crippen molar-refractivity contribution in [1.29, 1.82) is 0 Å². The van der Waals surface area contributed by atoms with Gasteiger partial charge >= 0.3 is 5.97 Å². The summed E-state index contributed by atoms with van der Waals surface area (Å²) in [5.74, 6) is -0.0131. The van der Waals surface area contributed by atoms with Crippen LogP contribution in [0, 0.1) is 6.92 Å². The Morgan fingerprint density at radius 1 is 1.35 bits per heavy atom. The van der Waals surface area contributed by atoms with Crippen molar-refractivity contribution in [3.63, 3.8) is 0 Å². The van der Waals surface area contributed by atoms with Gasteiger partial charge in [0.15, 0.2) is 6.61 Å². The summed E-state index contributed by atoms with van der Waals surface area (Å²) in [6, 6.07) is 5.17. The summed E-state index contributed by atoms with van der Waals surface area (Å²) < 4.78 is 10.1. The zero-order chi connectivity index (χ0) is 15.0. The zero-order valence-corrected chi connectivity index (χ0v) is 12.3. The molecule has 0 unspecified atom stereocenters. The van der Waals surface area contributed by atoms with Gasteiger partial charge in [0.25, 0.3) is 5.91 Å². The number of rotatable bonds is 7. The van der Waals surface area contributed by atoms with Crippen molar-refractivity contribution >= 4 is 23.5 Å². The van der Waals surface area contributed by atoms with Crippen LogP contribution in [0.25, 0.3) is 0 Å². The van der Waals surface area contributed by atoms with Crippen LogP contribution >= 0.6 is 11.6 Å². The number of aryl methyl sites for hydroxylation is 1. The second-order valence-electron chi connectivity index (χ2n) is 4.10. The summed E-state index contributed by atoms with van der Waals surface area (Å²) in [6.45, 7) is 4.05. The van der Waals surface area contributed by atoms with Crippen LogP contribution < -0.4 is 10.1 Å². The minimum absolute atomic E-state index is 0.106. The number of carbonyl (C=O) groups excluding carboxylic acids is 2. The van der Waals surface area contributed by atoms with Crippen molar-refractivity contribution in [2.75, 3.05) is 19.8 Å². The number of amides is 1. The summed E-state index contributed by atoms with van der Waals surface area (Å²) in [7, 11) is 0. The van der Waals surface area contributed by atoms with Crippen LogP contribution in [0.5, 0.6) is 5.75 Å². The first-order valence-corrected chi connectivity index (χ1v) is 6.72. The van der Waals surface area contributed by atoms with Gasteiger partial charge in [0.05, 0.1) is 13.0 Å². The van der Waals surface area contributed by atoms with E-state index < -0.39 is 0 Å². The molecule has 20 heavy (non-hydrogen) atoms. The number of benzene rings is 1. The highest BCUT2D eigenvalue weighted by Crippen LogP contribution is 2.21. The van der Waals surface area contributed by atoms with Gasteiger partial charge in [0, 0.05) is 11.6 Å². The standard InChI is InChI=1S/C14H18ClNO4/c1-3-19-14(18)6-7-16-13(17)9-20-12-5-4-11(15)8-10(12)2/h4-5,8H,3,6-7,9H2,1-2H3,(H,16,17). The average Bonchev–Trinajstić information content (AvgIpc) is 2.38. The van der Waals surface area contributed by atoms with Gasteiger partial charge in [-0.3, -0.25) is 9.59 Å². The lowest BCUT2D eigenvalue weighted by atomic mass is 10.2. The Labute approximate surface area is 123 Å². The molecule has 5 nitrogen and oxygen atoms in total. The lowest BCUT2D eigenvalue weighted by Crippen LogP contribution is -2.31.